The molecule has 0 aliphatic carbocycles. The molecule has 3 aromatic rings. The van der Waals surface area contributed by atoms with Crippen LogP contribution < -0.4 is 10.1 Å². The Bertz CT molecular complexity index is 1030. The molecule has 0 aliphatic heterocycles. The topological polar surface area (TPSA) is 69.0 Å². The van der Waals surface area contributed by atoms with Gasteiger partial charge in [0.1, 0.15) is 12.4 Å². The number of carbonyl (C=O) groups excluding carboxylic acids is 1. The molecule has 0 radical (unpaired) electrons. The third kappa shape index (κ3) is 6.47. The highest BCUT2D eigenvalue weighted by Crippen LogP contribution is 2.21. The number of hydrogen-bond donors (Lipinski definition) is 1. The van der Waals surface area contributed by atoms with Crippen molar-refractivity contribution in [2.24, 2.45) is 0 Å². The monoisotopic (exact) mass is 450 g/mol. The first-order valence-electron chi connectivity index (χ1n) is 10.8. The van der Waals surface area contributed by atoms with E-state index in [9.17, 15) is 4.79 Å². The summed E-state index contributed by atoms with van der Waals surface area (Å²) in [5.74, 6) is 2.08. The van der Waals surface area contributed by atoms with Crippen molar-refractivity contribution in [3.63, 3.8) is 0 Å². The van der Waals surface area contributed by atoms with E-state index in [1.165, 1.54) is 22.9 Å². The van der Waals surface area contributed by atoms with Crippen LogP contribution in [0.1, 0.15) is 43.6 Å². The summed E-state index contributed by atoms with van der Waals surface area (Å²) in [5, 5.41) is 12.1. The van der Waals surface area contributed by atoms with Crippen LogP contribution in [0.15, 0.2) is 66.3 Å². The molecule has 7 heteroatoms. The normalized spacial score (nSPS) is 10.9. The lowest BCUT2D eigenvalue weighted by molar-refractivity contribution is -0.113. The van der Waals surface area contributed by atoms with Crippen molar-refractivity contribution >= 4 is 23.4 Å². The Morgan fingerprint density at radius 3 is 2.50 bits per heavy atom. The fourth-order valence-corrected chi connectivity index (χ4v) is 3.86. The maximum absolute atomic E-state index is 12.4. The summed E-state index contributed by atoms with van der Waals surface area (Å²) in [5.41, 5.74) is 3.29. The number of rotatable bonds is 11. The largest absolute Gasteiger partial charge is 0.486 e. The standard InChI is InChI=1S/C25H30N4O2S/c1-5-15-29-23(16-31-22-13-7-19(6-2)8-14-22)27-28-25(29)32-17-24(30)26-21-11-9-20(10-12-21)18(3)4/h5,7-14,18H,1,6,15-17H2,2-4H3,(H,26,30). The van der Waals surface area contributed by atoms with Crippen molar-refractivity contribution in [1.29, 1.82) is 0 Å². The van der Waals surface area contributed by atoms with E-state index >= 15 is 0 Å². The van der Waals surface area contributed by atoms with Crippen molar-refractivity contribution in [2.45, 2.75) is 51.4 Å². The van der Waals surface area contributed by atoms with Crippen LogP contribution in [-0.4, -0.2) is 26.4 Å². The van der Waals surface area contributed by atoms with E-state index in [0.717, 1.165) is 17.9 Å². The number of hydrogen-bond acceptors (Lipinski definition) is 5. The van der Waals surface area contributed by atoms with Gasteiger partial charge in [-0.15, -0.1) is 16.8 Å². The number of amides is 1. The Labute approximate surface area is 194 Å². The molecule has 0 spiro atoms. The van der Waals surface area contributed by atoms with E-state index in [1.807, 2.05) is 41.0 Å². The lowest BCUT2D eigenvalue weighted by atomic mass is 10.0. The van der Waals surface area contributed by atoms with Crippen molar-refractivity contribution < 1.29 is 9.53 Å². The first kappa shape index (κ1) is 23.6. The number of anilines is 1. The average molecular weight is 451 g/mol. The molecule has 0 saturated heterocycles. The Morgan fingerprint density at radius 1 is 1.16 bits per heavy atom. The highest BCUT2D eigenvalue weighted by Gasteiger charge is 2.14. The molecule has 1 N–H and O–H groups in total. The van der Waals surface area contributed by atoms with Crippen molar-refractivity contribution in [2.75, 3.05) is 11.1 Å². The summed E-state index contributed by atoms with van der Waals surface area (Å²) in [4.78, 5) is 12.4. The van der Waals surface area contributed by atoms with Crippen LogP contribution >= 0.6 is 11.8 Å². The quantitative estimate of drug-likeness (QED) is 0.310. The molecular weight excluding hydrogens is 420 g/mol. The summed E-state index contributed by atoms with van der Waals surface area (Å²) in [6, 6.07) is 16.0. The van der Waals surface area contributed by atoms with Crippen LogP contribution in [0.3, 0.4) is 0 Å². The summed E-state index contributed by atoms with van der Waals surface area (Å²) in [6.07, 6.45) is 2.77. The van der Waals surface area contributed by atoms with Crippen LogP contribution in [0, 0.1) is 0 Å². The highest BCUT2D eigenvalue weighted by molar-refractivity contribution is 7.99. The van der Waals surface area contributed by atoms with Gasteiger partial charge in [-0.3, -0.25) is 9.36 Å². The average Bonchev–Trinajstić information content (AvgIpc) is 3.18. The van der Waals surface area contributed by atoms with Gasteiger partial charge >= 0.3 is 0 Å². The van der Waals surface area contributed by atoms with Gasteiger partial charge in [-0.05, 0) is 47.7 Å². The van der Waals surface area contributed by atoms with E-state index in [-0.39, 0.29) is 11.7 Å². The van der Waals surface area contributed by atoms with Crippen molar-refractivity contribution in [3.05, 3.63) is 78.1 Å². The van der Waals surface area contributed by atoms with E-state index in [1.54, 1.807) is 6.08 Å². The van der Waals surface area contributed by atoms with Crippen LogP contribution in [0.5, 0.6) is 5.75 Å². The molecule has 0 bridgehead atoms. The van der Waals surface area contributed by atoms with Crippen LogP contribution in [0.25, 0.3) is 0 Å². The summed E-state index contributed by atoms with van der Waals surface area (Å²) >= 11 is 1.34. The number of allylic oxidation sites excluding steroid dienone is 1. The molecule has 1 amide bonds. The van der Waals surface area contributed by atoms with Gasteiger partial charge < -0.3 is 10.1 Å². The van der Waals surface area contributed by atoms with E-state index in [2.05, 4.69) is 55.0 Å². The zero-order valence-corrected chi connectivity index (χ0v) is 19.7. The van der Waals surface area contributed by atoms with Crippen molar-refractivity contribution in [3.8, 4) is 5.75 Å². The second kappa shape index (κ2) is 11.5. The Hall–Kier alpha value is -3.06. The van der Waals surface area contributed by atoms with Crippen LogP contribution in [0.4, 0.5) is 5.69 Å². The molecule has 2 aromatic carbocycles. The maximum atomic E-state index is 12.4. The molecule has 0 atom stereocenters. The Balaban J connectivity index is 1.57. The van der Waals surface area contributed by atoms with E-state index < -0.39 is 0 Å². The molecule has 6 nitrogen and oxygen atoms in total. The molecule has 1 heterocycles. The zero-order valence-electron chi connectivity index (χ0n) is 18.9. The predicted octanol–water partition coefficient (Wildman–Crippen LogP) is 5.46. The number of aromatic nitrogens is 3. The fraction of sp³-hybridized carbons (Fsp3) is 0.320. The van der Waals surface area contributed by atoms with Gasteiger partial charge in [-0.25, -0.2) is 0 Å². The Kier molecular flexibility index (Phi) is 8.50. The number of carbonyl (C=O) groups is 1. The predicted molar refractivity (Wildman–Crippen MR) is 130 cm³/mol. The second-order valence-corrected chi connectivity index (χ2v) is 8.64. The number of benzene rings is 2. The van der Waals surface area contributed by atoms with Gasteiger partial charge in [0, 0.05) is 12.2 Å². The molecule has 168 valence electrons. The molecular formula is C25H30N4O2S. The number of nitrogens with one attached hydrogen (secondary N) is 1. The number of ether oxygens (including phenoxy) is 1. The number of aryl methyl sites for hydroxylation is 1. The minimum Gasteiger partial charge on any atom is -0.486 e. The molecule has 0 fully saturated rings. The molecule has 32 heavy (non-hydrogen) atoms. The maximum Gasteiger partial charge on any atom is 0.234 e. The van der Waals surface area contributed by atoms with Gasteiger partial charge in [0.05, 0.1) is 5.75 Å². The second-order valence-electron chi connectivity index (χ2n) is 7.70. The molecule has 3 rings (SSSR count). The summed E-state index contributed by atoms with van der Waals surface area (Å²) < 4.78 is 7.80. The van der Waals surface area contributed by atoms with E-state index in [0.29, 0.717) is 30.1 Å². The van der Waals surface area contributed by atoms with Crippen molar-refractivity contribution in [1.82, 2.24) is 14.8 Å². The lowest BCUT2D eigenvalue weighted by Crippen LogP contribution is -2.15. The van der Waals surface area contributed by atoms with Gasteiger partial charge in [0.25, 0.3) is 0 Å². The minimum atomic E-state index is -0.0886. The summed E-state index contributed by atoms with van der Waals surface area (Å²) in [7, 11) is 0. The first-order chi connectivity index (χ1) is 15.5. The SMILES string of the molecule is C=CCn1c(COc2ccc(CC)cc2)nnc1SCC(=O)Nc1ccc(C(C)C)cc1. The zero-order chi connectivity index (χ0) is 22.9. The van der Waals surface area contributed by atoms with E-state index in [4.69, 9.17) is 4.74 Å². The van der Waals surface area contributed by atoms with Crippen LogP contribution in [-0.2, 0) is 24.4 Å². The highest BCUT2D eigenvalue weighted by atomic mass is 32.2. The number of nitrogens with zero attached hydrogens (tertiary/aromatic N) is 3. The minimum absolute atomic E-state index is 0.0886. The van der Waals surface area contributed by atoms with Gasteiger partial charge in [0.2, 0.25) is 5.91 Å². The van der Waals surface area contributed by atoms with Gasteiger partial charge in [-0.1, -0.05) is 62.9 Å². The molecule has 0 unspecified atom stereocenters. The third-order valence-corrected chi connectivity index (χ3v) is 5.96. The molecule has 1 aromatic heterocycles. The molecule has 0 aliphatic rings. The Morgan fingerprint density at radius 2 is 1.88 bits per heavy atom. The fourth-order valence-electron chi connectivity index (χ4n) is 3.09. The van der Waals surface area contributed by atoms with Crippen LogP contribution in [0.2, 0.25) is 0 Å². The first-order valence-corrected chi connectivity index (χ1v) is 11.8. The molecule has 0 saturated carbocycles. The van der Waals surface area contributed by atoms with Gasteiger partial charge in [0.15, 0.2) is 11.0 Å². The van der Waals surface area contributed by atoms with Gasteiger partial charge in [-0.2, -0.15) is 0 Å². The smallest absolute Gasteiger partial charge is 0.234 e. The lowest BCUT2D eigenvalue weighted by Gasteiger charge is -2.10. The summed E-state index contributed by atoms with van der Waals surface area (Å²) in [6.45, 7) is 11.1. The number of thioether (sulfide) groups is 1. The third-order valence-electron chi connectivity index (χ3n) is 5.00.